The monoisotopic (exact) mass is 293 g/mol. The Bertz CT molecular complexity index is 725. The maximum Gasteiger partial charge on any atom is 0.387 e. The number of nitrogen functional groups attached to an aromatic ring is 1. The summed E-state index contributed by atoms with van der Waals surface area (Å²) in [6.07, 6.45) is 1.47. The first kappa shape index (κ1) is 13.0. The molecule has 0 aliphatic heterocycles. The van der Waals surface area contributed by atoms with Crippen LogP contribution in [0.3, 0.4) is 0 Å². The first-order chi connectivity index (χ1) is 10.1. The Kier molecular flexibility index (Phi) is 3.22. The van der Waals surface area contributed by atoms with E-state index in [1.165, 1.54) is 18.3 Å². The second kappa shape index (κ2) is 5.19. The van der Waals surface area contributed by atoms with Gasteiger partial charge in [0.05, 0.1) is 11.8 Å². The Labute approximate surface area is 116 Å². The fraction of sp³-hybridized carbons (Fsp3) is 0.0833. The van der Waals surface area contributed by atoms with Gasteiger partial charge >= 0.3 is 6.61 Å². The molecule has 108 valence electrons. The minimum atomic E-state index is -2.87. The summed E-state index contributed by atoms with van der Waals surface area (Å²) in [6.45, 7) is -2.87. The maximum absolute atomic E-state index is 12.1. The van der Waals surface area contributed by atoms with Crippen molar-refractivity contribution in [3.8, 4) is 28.3 Å². The van der Waals surface area contributed by atoms with Gasteiger partial charge in [0.2, 0.25) is 5.88 Å². The fourth-order valence-electron chi connectivity index (χ4n) is 1.88. The summed E-state index contributed by atoms with van der Waals surface area (Å²) >= 11 is 0. The van der Waals surface area contributed by atoms with Crippen LogP contribution < -0.4 is 10.5 Å². The molecule has 0 aliphatic carbocycles. The van der Waals surface area contributed by atoms with Crippen molar-refractivity contribution in [2.24, 2.45) is 0 Å². The van der Waals surface area contributed by atoms with E-state index in [4.69, 9.17) is 10.3 Å². The molecule has 2 aromatic heterocycles. The number of rotatable bonds is 4. The van der Waals surface area contributed by atoms with Gasteiger partial charge in [0.25, 0.3) is 0 Å². The lowest BCUT2D eigenvalue weighted by molar-refractivity contribution is -0.0498. The quantitative estimate of drug-likeness (QED) is 0.765. The van der Waals surface area contributed by atoms with Crippen LogP contribution in [0.5, 0.6) is 5.75 Å². The second-order valence-electron chi connectivity index (χ2n) is 4.03. The first-order valence-corrected chi connectivity index (χ1v) is 5.81. The van der Waals surface area contributed by atoms with E-state index in [1.807, 2.05) is 0 Å². The van der Waals surface area contributed by atoms with Crippen LogP contribution in [0, 0.1) is 0 Å². The van der Waals surface area contributed by atoms with Crippen molar-refractivity contribution in [2.75, 3.05) is 5.73 Å². The molecule has 2 heterocycles. The van der Waals surface area contributed by atoms with Crippen molar-refractivity contribution < 1.29 is 18.0 Å². The van der Waals surface area contributed by atoms with E-state index in [-0.39, 0.29) is 11.6 Å². The smallest absolute Gasteiger partial charge is 0.387 e. The van der Waals surface area contributed by atoms with Gasteiger partial charge in [-0.2, -0.15) is 24.2 Å². The molecule has 3 aromatic rings. The number of ether oxygens (including phenoxy) is 1. The summed E-state index contributed by atoms with van der Waals surface area (Å²) in [4.78, 5) is 0. The minimum Gasteiger partial charge on any atom is -0.435 e. The zero-order chi connectivity index (χ0) is 14.8. The first-order valence-electron chi connectivity index (χ1n) is 5.81. The van der Waals surface area contributed by atoms with Crippen molar-refractivity contribution in [1.82, 2.24) is 20.6 Å². The van der Waals surface area contributed by atoms with Crippen LogP contribution in [0.4, 0.5) is 14.7 Å². The minimum absolute atomic E-state index is 0.0479. The number of halogens is 2. The van der Waals surface area contributed by atoms with Crippen molar-refractivity contribution in [2.45, 2.75) is 6.61 Å². The zero-order valence-electron chi connectivity index (χ0n) is 10.5. The van der Waals surface area contributed by atoms with Gasteiger partial charge in [0.1, 0.15) is 17.1 Å². The number of nitrogens with zero attached hydrogens (tertiary/aromatic N) is 3. The molecular formula is C12H9F2N5O2. The Morgan fingerprint density at radius 2 is 2.00 bits per heavy atom. The molecule has 3 rings (SSSR count). The van der Waals surface area contributed by atoms with Gasteiger partial charge in [-0.3, -0.25) is 0 Å². The summed E-state index contributed by atoms with van der Waals surface area (Å²) in [7, 11) is 0. The van der Waals surface area contributed by atoms with Crippen LogP contribution in [0.15, 0.2) is 35.0 Å². The number of nitrogens with one attached hydrogen (secondary N) is 1. The van der Waals surface area contributed by atoms with Crippen LogP contribution >= 0.6 is 0 Å². The molecule has 0 saturated carbocycles. The van der Waals surface area contributed by atoms with E-state index in [2.05, 4.69) is 25.3 Å². The van der Waals surface area contributed by atoms with E-state index in [9.17, 15) is 8.78 Å². The number of nitrogens with two attached hydrogens (primary N) is 1. The lowest BCUT2D eigenvalue weighted by atomic mass is 10.0. The molecule has 9 heteroatoms. The van der Waals surface area contributed by atoms with Crippen molar-refractivity contribution in [1.29, 1.82) is 0 Å². The van der Waals surface area contributed by atoms with Gasteiger partial charge in [-0.15, -0.1) is 0 Å². The average molecular weight is 293 g/mol. The Morgan fingerprint density at radius 1 is 1.24 bits per heavy atom. The Hall–Kier alpha value is -2.97. The average Bonchev–Trinajstić information content (AvgIpc) is 3.08. The number of benzene rings is 1. The largest absolute Gasteiger partial charge is 0.435 e. The molecule has 21 heavy (non-hydrogen) atoms. The molecule has 0 bridgehead atoms. The van der Waals surface area contributed by atoms with Crippen LogP contribution in [0.2, 0.25) is 0 Å². The van der Waals surface area contributed by atoms with Gasteiger partial charge in [0.15, 0.2) is 0 Å². The third-order valence-corrected chi connectivity index (χ3v) is 2.74. The molecule has 0 radical (unpaired) electrons. The molecule has 0 atom stereocenters. The third kappa shape index (κ3) is 2.53. The summed E-state index contributed by atoms with van der Waals surface area (Å²) in [5.74, 6) is 0.141. The lowest BCUT2D eigenvalue weighted by Gasteiger charge is -2.05. The second-order valence-corrected chi connectivity index (χ2v) is 4.03. The van der Waals surface area contributed by atoms with Gasteiger partial charge in [-0.1, -0.05) is 17.3 Å². The molecule has 7 nitrogen and oxygen atoms in total. The molecule has 0 unspecified atom stereocenters. The molecule has 0 spiro atoms. The summed E-state index contributed by atoms with van der Waals surface area (Å²) in [5, 5.41) is 13.9. The van der Waals surface area contributed by atoms with Crippen molar-refractivity contribution in [3.05, 3.63) is 30.5 Å². The van der Waals surface area contributed by atoms with Gasteiger partial charge in [-0.05, 0) is 17.7 Å². The van der Waals surface area contributed by atoms with Crippen molar-refractivity contribution >= 4 is 5.88 Å². The van der Waals surface area contributed by atoms with Crippen molar-refractivity contribution in [3.63, 3.8) is 0 Å². The predicted molar refractivity (Wildman–Crippen MR) is 68.4 cm³/mol. The number of aromatic amines is 1. The number of aromatic nitrogens is 4. The number of anilines is 1. The van der Waals surface area contributed by atoms with E-state index in [1.54, 1.807) is 12.1 Å². The standard InChI is InChI=1S/C12H9F2N5O2/c13-12(14)20-7-3-1-6(2-4-7)9-10(18-21-11(9)15)8-5-16-19-17-8/h1-5,12H,15H2,(H,16,17,19). The summed E-state index contributed by atoms with van der Waals surface area (Å²) < 4.78 is 33.5. The van der Waals surface area contributed by atoms with Gasteiger partial charge in [-0.25, -0.2) is 0 Å². The van der Waals surface area contributed by atoms with E-state index < -0.39 is 6.61 Å². The molecule has 0 aliphatic rings. The highest BCUT2D eigenvalue weighted by atomic mass is 19.3. The van der Waals surface area contributed by atoms with Crippen LogP contribution in [0.1, 0.15) is 0 Å². The normalized spacial score (nSPS) is 11.0. The molecule has 0 saturated heterocycles. The van der Waals surface area contributed by atoms with Crippen LogP contribution in [-0.4, -0.2) is 27.2 Å². The number of H-pyrrole nitrogens is 1. The number of hydrogen-bond acceptors (Lipinski definition) is 6. The van der Waals surface area contributed by atoms with Crippen LogP contribution in [0.25, 0.3) is 22.5 Å². The van der Waals surface area contributed by atoms with Gasteiger partial charge in [0, 0.05) is 0 Å². The van der Waals surface area contributed by atoms with E-state index in [0.717, 1.165) is 0 Å². The molecule has 0 amide bonds. The fourth-order valence-corrected chi connectivity index (χ4v) is 1.88. The highest BCUT2D eigenvalue weighted by molar-refractivity contribution is 5.85. The maximum atomic E-state index is 12.1. The summed E-state index contributed by atoms with van der Waals surface area (Å²) in [6, 6.07) is 5.95. The molecular weight excluding hydrogens is 284 g/mol. The Balaban J connectivity index is 1.99. The molecule has 1 aromatic carbocycles. The SMILES string of the molecule is Nc1onc(-c2cn[nH]n2)c1-c1ccc(OC(F)F)cc1. The topological polar surface area (TPSA) is 103 Å². The summed E-state index contributed by atoms with van der Waals surface area (Å²) in [5.41, 5.74) is 7.76. The Morgan fingerprint density at radius 3 is 2.62 bits per heavy atom. The van der Waals surface area contributed by atoms with E-state index in [0.29, 0.717) is 22.5 Å². The van der Waals surface area contributed by atoms with Crippen LogP contribution in [-0.2, 0) is 0 Å². The number of alkyl halides is 2. The highest BCUT2D eigenvalue weighted by Gasteiger charge is 2.19. The predicted octanol–water partition coefficient (Wildman–Crippen LogP) is 2.31. The lowest BCUT2D eigenvalue weighted by Crippen LogP contribution is -2.01. The molecule has 3 N–H and O–H groups in total. The zero-order valence-corrected chi connectivity index (χ0v) is 10.5. The molecule has 0 fully saturated rings. The van der Waals surface area contributed by atoms with E-state index >= 15 is 0 Å². The highest BCUT2D eigenvalue weighted by Crippen LogP contribution is 2.35. The number of hydrogen-bond donors (Lipinski definition) is 2. The third-order valence-electron chi connectivity index (χ3n) is 2.74. The van der Waals surface area contributed by atoms with Gasteiger partial charge < -0.3 is 15.0 Å².